The van der Waals surface area contributed by atoms with Gasteiger partial charge in [0.05, 0.1) is 0 Å². The number of nitrogens with two attached hydrogens (primary N) is 1. The van der Waals surface area contributed by atoms with Crippen LogP contribution in [0.4, 0.5) is 0 Å². The zero-order valence-electron chi connectivity index (χ0n) is 11.5. The Bertz CT molecular complexity index is 274. The third-order valence-corrected chi connectivity index (χ3v) is 4.53. The Morgan fingerprint density at radius 1 is 1.22 bits per heavy atom. The average molecular weight is 253 g/mol. The highest BCUT2D eigenvalue weighted by Gasteiger charge is 2.25. The van der Waals surface area contributed by atoms with Gasteiger partial charge in [0.1, 0.15) is 0 Å². The molecule has 2 aliphatic rings. The molecular formula is C14H27N3O. The van der Waals surface area contributed by atoms with Crippen LogP contribution in [0.3, 0.4) is 0 Å². The second-order valence-corrected chi connectivity index (χ2v) is 6.14. The van der Waals surface area contributed by atoms with Gasteiger partial charge >= 0.3 is 0 Å². The minimum atomic E-state index is 0.256. The summed E-state index contributed by atoms with van der Waals surface area (Å²) in [4.78, 5) is 14.2. The number of nitrogens with one attached hydrogen (secondary N) is 1. The van der Waals surface area contributed by atoms with Gasteiger partial charge in [-0.25, -0.2) is 0 Å². The number of carbonyl (C=O) groups is 1. The van der Waals surface area contributed by atoms with E-state index in [1.54, 1.807) is 0 Å². The summed E-state index contributed by atoms with van der Waals surface area (Å²) < 4.78 is 0. The third-order valence-electron chi connectivity index (χ3n) is 4.53. The first-order valence-corrected chi connectivity index (χ1v) is 7.35. The monoisotopic (exact) mass is 253 g/mol. The minimum Gasteiger partial charge on any atom is -0.352 e. The van der Waals surface area contributed by atoms with E-state index in [9.17, 15) is 4.79 Å². The molecule has 1 heterocycles. The molecule has 1 amide bonds. The lowest BCUT2D eigenvalue weighted by Crippen LogP contribution is -2.37. The van der Waals surface area contributed by atoms with Crippen molar-refractivity contribution in [1.29, 1.82) is 0 Å². The lowest BCUT2D eigenvalue weighted by molar-refractivity contribution is -0.122. The highest BCUT2D eigenvalue weighted by molar-refractivity contribution is 5.76. The van der Waals surface area contributed by atoms with Gasteiger partial charge in [-0.3, -0.25) is 4.79 Å². The van der Waals surface area contributed by atoms with Crippen molar-refractivity contribution in [3.63, 3.8) is 0 Å². The van der Waals surface area contributed by atoms with Gasteiger partial charge in [0, 0.05) is 19.0 Å². The molecule has 0 spiro atoms. The molecule has 0 bridgehead atoms. The number of hydrogen-bond acceptors (Lipinski definition) is 3. The molecule has 4 heteroatoms. The van der Waals surface area contributed by atoms with E-state index in [-0.39, 0.29) is 5.91 Å². The van der Waals surface area contributed by atoms with Crippen molar-refractivity contribution in [2.24, 2.45) is 17.6 Å². The SMILES string of the molecule is CN1CCC(NC(=O)CC2CCC(CN)CC2)C1. The maximum atomic E-state index is 12.0. The zero-order valence-corrected chi connectivity index (χ0v) is 11.5. The molecule has 1 atom stereocenters. The normalized spacial score (nSPS) is 33.6. The molecule has 2 rings (SSSR count). The van der Waals surface area contributed by atoms with E-state index < -0.39 is 0 Å². The van der Waals surface area contributed by atoms with E-state index in [1.165, 1.54) is 25.7 Å². The molecule has 18 heavy (non-hydrogen) atoms. The number of likely N-dealkylation sites (N-methyl/N-ethyl adjacent to an activating group) is 1. The minimum absolute atomic E-state index is 0.256. The van der Waals surface area contributed by atoms with Crippen LogP contribution in [0.5, 0.6) is 0 Å². The van der Waals surface area contributed by atoms with Crippen LogP contribution in [-0.4, -0.2) is 43.5 Å². The first kappa shape index (κ1) is 13.8. The number of likely N-dealkylation sites (tertiary alicyclic amines) is 1. The smallest absolute Gasteiger partial charge is 0.220 e. The Kier molecular flexibility index (Phi) is 5.01. The summed E-state index contributed by atoms with van der Waals surface area (Å²) in [5, 5.41) is 3.18. The number of amides is 1. The zero-order chi connectivity index (χ0) is 13.0. The molecule has 0 aromatic rings. The summed E-state index contributed by atoms with van der Waals surface area (Å²) >= 11 is 0. The summed E-state index contributed by atoms with van der Waals surface area (Å²) in [5.41, 5.74) is 5.69. The van der Waals surface area contributed by atoms with Gasteiger partial charge in [-0.2, -0.15) is 0 Å². The van der Waals surface area contributed by atoms with Crippen LogP contribution in [0.1, 0.15) is 38.5 Å². The van der Waals surface area contributed by atoms with Gasteiger partial charge in [-0.15, -0.1) is 0 Å². The fourth-order valence-electron chi connectivity index (χ4n) is 3.27. The molecule has 104 valence electrons. The topological polar surface area (TPSA) is 58.4 Å². The lowest BCUT2D eigenvalue weighted by atomic mass is 9.80. The standard InChI is InChI=1S/C14H27N3O/c1-17-7-6-13(10-17)16-14(18)8-11-2-4-12(9-15)5-3-11/h11-13H,2-10,15H2,1H3,(H,16,18). The van der Waals surface area contributed by atoms with Gasteiger partial charge in [-0.1, -0.05) is 0 Å². The first-order chi connectivity index (χ1) is 8.67. The van der Waals surface area contributed by atoms with Crippen LogP contribution >= 0.6 is 0 Å². The lowest BCUT2D eigenvalue weighted by Gasteiger charge is -2.27. The van der Waals surface area contributed by atoms with Crippen LogP contribution < -0.4 is 11.1 Å². The molecule has 2 fully saturated rings. The van der Waals surface area contributed by atoms with E-state index in [2.05, 4.69) is 17.3 Å². The summed E-state index contributed by atoms with van der Waals surface area (Å²) in [6.45, 7) is 2.92. The Balaban J connectivity index is 1.65. The predicted octanol–water partition coefficient (Wildman–Crippen LogP) is 0.962. The van der Waals surface area contributed by atoms with Gasteiger partial charge in [0.25, 0.3) is 0 Å². The highest BCUT2D eigenvalue weighted by Crippen LogP contribution is 2.30. The fraction of sp³-hybridized carbons (Fsp3) is 0.929. The van der Waals surface area contributed by atoms with Gasteiger partial charge in [0.15, 0.2) is 0 Å². The number of rotatable bonds is 4. The Morgan fingerprint density at radius 2 is 1.89 bits per heavy atom. The first-order valence-electron chi connectivity index (χ1n) is 7.35. The van der Waals surface area contributed by atoms with E-state index in [0.717, 1.165) is 32.5 Å². The van der Waals surface area contributed by atoms with E-state index in [0.29, 0.717) is 17.9 Å². The maximum absolute atomic E-state index is 12.0. The van der Waals surface area contributed by atoms with Crippen molar-refractivity contribution in [2.75, 3.05) is 26.7 Å². The molecule has 4 nitrogen and oxygen atoms in total. The predicted molar refractivity (Wildman–Crippen MR) is 73.2 cm³/mol. The molecular weight excluding hydrogens is 226 g/mol. The van der Waals surface area contributed by atoms with Crippen molar-refractivity contribution in [3.05, 3.63) is 0 Å². The molecule has 1 aliphatic heterocycles. The van der Waals surface area contributed by atoms with Crippen molar-refractivity contribution in [3.8, 4) is 0 Å². The number of nitrogens with zero attached hydrogens (tertiary/aromatic N) is 1. The third kappa shape index (κ3) is 3.95. The van der Waals surface area contributed by atoms with Crippen molar-refractivity contribution in [1.82, 2.24) is 10.2 Å². The van der Waals surface area contributed by atoms with E-state index in [4.69, 9.17) is 5.73 Å². The second-order valence-electron chi connectivity index (χ2n) is 6.14. The number of carbonyl (C=O) groups excluding carboxylic acids is 1. The van der Waals surface area contributed by atoms with Crippen LogP contribution in [0, 0.1) is 11.8 Å². The Labute approximate surface area is 110 Å². The number of hydrogen-bond donors (Lipinski definition) is 2. The Hall–Kier alpha value is -0.610. The molecule has 0 aromatic carbocycles. The van der Waals surface area contributed by atoms with Crippen LogP contribution in [0.15, 0.2) is 0 Å². The second kappa shape index (κ2) is 6.53. The van der Waals surface area contributed by atoms with Crippen LogP contribution in [0.25, 0.3) is 0 Å². The summed E-state index contributed by atoms with van der Waals surface area (Å²) in [5.74, 6) is 1.55. The summed E-state index contributed by atoms with van der Waals surface area (Å²) in [7, 11) is 2.11. The van der Waals surface area contributed by atoms with E-state index in [1.807, 2.05) is 0 Å². The average Bonchev–Trinajstić information content (AvgIpc) is 2.75. The highest BCUT2D eigenvalue weighted by atomic mass is 16.1. The quantitative estimate of drug-likeness (QED) is 0.784. The van der Waals surface area contributed by atoms with E-state index >= 15 is 0 Å². The fourth-order valence-corrected chi connectivity index (χ4v) is 3.27. The van der Waals surface area contributed by atoms with Gasteiger partial charge in [0.2, 0.25) is 5.91 Å². The molecule has 3 N–H and O–H groups in total. The van der Waals surface area contributed by atoms with Crippen molar-refractivity contribution < 1.29 is 4.79 Å². The maximum Gasteiger partial charge on any atom is 0.220 e. The largest absolute Gasteiger partial charge is 0.352 e. The van der Waals surface area contributed by atoms with Gasteiger partial charge in [-0.05, 0) is 64.1 Å². The molecule has 0 aromatic heterocycles. The molecule has 1 aliphatic carbocycles. The molecule has 1 saturated carbocycles. The van der Waals surface area contributed by atoms with Crippen molar-refractivity contribution in [2.45, 2.75) is 44.6 Å². The molecule has 1 saturated heterocycles. The summed E-state index contributed by atoms with van der Waals surface area (Å²) in [6, 6.07) is 0.378. The van der Waals surface area contributed by atoms with Crippen LogP contribution in [0.2, 0.25) is 0 Å². The molecule has 1 unspecified atom stereocenters. The Morgan fingerprint density at radius 3 is 2.44 bits per heavy atom. The van der Waals surface area contributed by atoms with Gasteiger partial charge < -0.3 is 16.0 Å². The van der Waals surface area contributed by atoms with Crippen molar-refractivity contribution >= 4 is 5.91 Å². The summed E-state index contributed by atoms with van der Waals surface area (Å²) in [6.07, 6.45) is 6.60. The molecule has 0 radical (unpaired) electrons. The van der Waals surface area contributed by atoms with Crippen LogP contribution in [-0.2, 0) is 4.79 Å².